The van der Waals surface area contributed by atoms with Crippen LogP contribution in [0, 0.1) is 18.6 Å². The Morgan fingerprint density at radius 1 is 1.11 bits per heavy atom. The molecule has 1 atom stereocenters. The zero-order chi connectivity index (χ0) is 32.4. The second kappa shape index (κ2) is 13.6. The van der Waals surface area contributed by atoms with Gasteiger partial charge in [-0.05, 0) is 68.6 Å². The van der Waals surface area contributed by atoms with Crippen LogP contribution in [0.3, 0.4) is 0 Å². The number of carbonyl (C=O) groups excluding carboxylic acids is 1. The fourth-order valence-electron chi connectivity index (χ4n) is 6.49. The van der Waals surface area contributed by atoms with E-state index in [1.807, 2.05) is 24.0 Å². The van der Waals surface area contributed by atoms with E-state index in [0.717, 1.165) is 9.75 Å². The van der Waals surface area contributed by atoms with Crippen LogP contribution in [-0.2, 0) is 17.7 Å². The third kappa shape index (κ3) is 6.86. The Hall–Kier alpha value is -3.68. The summed E-state index contributed by atoms with van der Waals surface area (Å²) in [4.78, 5) is 33.2. The summed E-state index contributed by atoms with van der Waals surface area (Å²) >= 11 is 1.50. The number of phenolic OH excluding ortho intramolecular Hbond substituents is 1. The molecule has 0 radical (unpaired) electrons. The van der Waals surface area contributed by atoms with Crippen molar-refractivity contribution in [3.8, 4) is 5.75 Å². The average Bonchev–Trinajstić information content (AvgIpc) is 3.49. The van der Waals surface area contributed by atoms with Crippen LogP contribution in [0.4, 0.5) is 8.78 Å². The number of aryl methyl sites for hydroxylation is 1. The van der Waals surface area contributed by atoms with Crippen molar-refractivity contribution < 1.29 is 28.5 Å². The van der Waals surface area contributed by atoms with E-state index in [1.54, 1.807) is 6.07 Å². The molecule has 4 aromatic rings. The zero-order valence-electron chi connectivity index (χ0n) is 25.7. The van der Waals surface area contributed by atoms with Crippen LogP contribution in [-0.4, -0.2) is 82.4 Å². The van der Waals surface area contributed by atoms with Gasteiger partial charge in [0.25, 0.3) is 5.91 Å². The number of benzene rings is 2. The van der Waals surface area contributed by atoms with Gasteiger partial charge in [-0.2, -0.15) is 0 Å². The van der Waals surface area contributed by atoms with Crippen LogP contribution >= 0.6 is 11.3 Å². The molecule has 0 unspecified atom stereocenters. The molecule has 2 aromatic carbocycles. The molecule has 2 fully saturated rings. The number of nitrogens with one attached hydrogen (secondary N) is 2. The summed E-state index contributed by atoms with van der Waals surface area (Å²) in [5.41, 5.74) is 0.380. The molecule has 2 saturated heterocycles. The van der Waals surface area contributed by atoms with Gasteiger partial charge in [0.05, 0.1) is 35.3 Å². The molecule has 244 valence electrons. The average molecular weight is 653 g/mol. The van der Waals surface area contributed by atoms with Crippen LogP contribution in [0.25, 0.3) is 10.9 Å². The number of pyridine rings is 1. The molecule has 46 heavy (non-hydrogen) atoms. The van der Waals surface area contributed by atoms with E-state index in [9.17, 15) is 24.2 Å². The number of aliphatic hydroxyl groups is 1. The summed E-state index contributed by atoms with van der Waals surface area (Å²) in [6, 6.07) is 12.5. The molecule has 1 spiro atoms. The number of rotatable bonds is 9. The van der Waals surface area contributed by atoms with E-state index in [-0.39, 0.29) is 47.8 Å². The van der Waals surface area contributed by atoms with Crippen molar-refractivity contribution in [3.63, 3.8) is 0 Å². The van der Waals surface area contributed by atoms with Gasteiger partial charge >= 0.3 is 0 Å². The number of hydrogen-bond donors (Lipinski definition) is 4. The van der Waals surface area contributed by atoms with Crippen LogP contribution in [0.5, 0.6) is 5.75 Å². The maximum absolute atomic E-state index is 15.6. The molecule has 2 aliphatic rings. The zero-order valence-corrected chi connectivity index (χ0v) is 26.5. The molecule has 4 heterocycles. The quantitative estimate of drug-likeness (QED) is 0.200. The van der Waals surface area contributed by atoms with Crippen molar-refractivity contribution in [2.24, 2.45) is 0 Å². The van der Waals surface area contributed by atoms with Gasteiger partial charge < -0.3 is 30.2 Å². The smallest absolute Gasteiger partial charge is 0.264 e. The highest BCUT2D eigenvalue weighted by Crippen LogP contribution is 2.33. The number of thiophene rings is 1. The van der Waals surface area contributed by atoms with Gasteiger partial charge in [-0.1, -0.05) is 12.1 Å². The number of nitrogens with zero attached hydrogens (tertiary/aromatic N) is 2. The lowest BCUT2D eigenvalue weighted by Gasteiger charge is -2.47. The highest BCUT2D eigenvalue weighted by atomic mass is 32.1. The van der Waals surface area contributed by atoms with Gasteiger partial charge in [-0.3, -0.25) is 14.5 Å². The van der Waals surface area contributed by atoms with Gasteiger partial charge in [0, 0.05) is 60.2 Å². The van der Waals surface area contributed by atoms with E-state index < -0.39 is 23.3 Å². The first kappa shape index (κ1) is 32.3. The number of H-pyrrole nitrogens is 1. The number of phenols is 1. The van der Waals surface area contributed by atoms with Crippen LogP contribution in [0.15, 0.2) is 53.3 Å². The van der Waals surface area contributed by atoms with E-state index in [1.165, 1.54) is 41.7 Å². The topological polar surface area (TPSA) is 118 Å². The van der Waals surface area contributed by atoms with Crippen molar-refractivity contribution in [1.82, 2.24) is 20.1 Å². The largest absolute Gasteiger partial charge is 0.506 e. The van der Waals surface area contributed by atoms with Gasteiger partial charge in [0.1, 0.15) is 17.4 Å². The fraction of sp³-hybridized carbons (Fsp3) is 0.412. The monoisotopic (exact) mass is 652 g/mol. The number of halogens is 2. The highest BCUT2D eigenvalue weighted by molar-refractivity contribution is 7.13. The van der Waals surface area contributed by atoms with Gasteiger partial charge in [-0.15, -0.1) is 11.3 Å². The van der Waals surface area contributed by atoms with Crippen molar-refractivity contribution in [1.29, 1.82) is 0 Å². The maximum Gasteiger partial charge on any atom is 0.264 e. The Bertz CT molecular complexity index is 1790. The number of carbonyl (C=O) groups is 1. The van der Waals surface area contributed by atoms with E-state index >= 15 is 4.39 Å². The Kier molecular flexibility index (Phi) is 9.53. The second-order valence-electron chi connectivity index (χ2n) is 12.2. The van der Waals surface area contributed by atoms with Gasteiger partial charge in [-0.25, -0.2) is 8.78 Å². The van der Waals surface area contributed by atoms with E-state index in [4.69, 9.17) is 4.74 Å². The molecule has 1 amide bonds. The van der Waals surface area contributed by atoms with Gasteiger partial charge in [0.2, 0.25) is 5.56 Å². The van der Waals surface area contributed by atoms with Crippen molar-refractivity contribution in [3.05, 3.63) is 97.0 Å². The Morgan fingerprint density at radius 2 is 1.91 bits per heavy atom. The number of likely N-dealkylation sites (tertiary alicyclic amines) is 1. The third-order valence-corrected chi connectivity index (χ3v) is 10.1. The molecular formula is C34H38F2N4O5S. The molecule has 0 saturated carbocycles. The minimum Gasteiger partial charge on any atom is -0.506 e. The Balaban J connectivity index is 1.02. The summed E-state index contributed by atoms with van der Waals surface area (Å²) in [6.07, 6.45) is 0.547. The SMILES string of the molecule is Cc1ccc(C(=O)N2CCOC3(CCN(Cc4ccc(F)c(CCNC[C@H](O)c5ccc(O)c6[nH]c(=O)ccc56)c4F)CC3)C2)s1. The Labute approximate surface area is 269 Å². The maximum atomic E-state index is 15.6. The first-order chi connectivity index (χ1) is 22.1. The standard InChI is InChI=1S/C34H38F2N4O5S/c1-21-2-8-29(46-21)33(44)40-16-17-45-34(20-40)11-14-39(15-12-34)19-22-3-6-26(35)25(31(22)36)10-13-37-18-28(42)23-4-7-27(41)32-24(23)5-9-30(43)38-32/h2-9,28,37,41-42H,10-20H2,1H3,(H,38,43)/t28-/m0/s1. The summed E-state index contributed by atoms with van der Waals surface area (Å²) in [5.74, 6) is -1.24. The predicted molar refractivity (Wildman–Crippen MR) is 172 cm³/mol. The molecule has 0 bridgehead atoms. The third-order valence-electron chi connectivity index (χ3n) is 9.07. The van der Waals surface area contributed by atoms with Crippen molar-refractivity contribution in [2.45, 2.75) is 44.4 Å². The second-order valence-corrected chi connectivity index (χ2v) is 13.5. The van der Waals surface area contributed by atoms with Crippen LogP contribution in [0.2, 0.25) is 0 Å². The number of aromatic hydroxyl groups is 1. The summed E-state index contributed by atoms with van der Waals surface area (Å²) in [6.45, 7) is 5.60. The van der Waals surface area contributed by atoms with E-state index in [2.05, 4.69) is 15.2 Å². The first-order valence-electron chi connectivity index (χ1n) is 15.5. The molecule has 9 nitrogen and oxygen atoms in total. The normalized spacial score (nSPS) is 17.5. The number of aromatic nitrogens is 1. The highest BCUT2D eigenvalue weighted by Gasteiger charge is 2.41. The predicted octanol–water partition coefficient (Wildman–Crippen LogP) is 4.25. The van der Waals surface area contributed by atoms with E-state index in [0.29, 0.717) is 68.7 Å². The number of fused-ring (bicyclic) bond motifs is 1. The van der Waals surface area contributed by atoms with Crippen LogP contribution in [0.1, 0.15) is 50.2 Å². The number of aromatic amines is 1. The van der Waals surface area contributed by atoms with Crippen molar-refractivity contribution in [2.75, 3.05) is 45.9 Å². The number of morpholine rings is 1. The lowest BCUT2D eigenvalue weighted by Crippen LogP contribution is -2.57. The summed E-state index contributed by atoms with van der Waals surface area (Å²) < 4.78 is 36.5. The lowest BCUT2D eigenvalue weighted by molar-refractivity contribution is -0.127. The minimum atomic E-state index is -0.976. The molecule has 12 heteroatoms. The molecular weight excluding hydrogens is 614 g/mol. The van der Waals surface area contributed by atoms with Crippen LogP contribution < -0.4 is 10.9 Å². The number of aliphatic hydroxyl groups excluding tert-OH is 1. The number of ether oxygens (including phenoxy) is 1. The number of amides is 1. The Morgan fingerprint density at radius 3 is 2.67 bits per heavy atom. The number of piperidine rings is 1. The minimum absolute atomic E-state index is 0.00536. The van der Waals surface area contributed by atoms with Crippen molar-refractivity contribution >= 4 is 28.1 Å². The number of hydrogen-bond acceptors (Lipinski definition) is 8. The lowest BCUT2D eigenvalue weighted by atomic mass is 9.89. The molecule has 6 rings (SSSR count). The fourth-order valence-corrected chi connectivity index (χ4v) is 7.33. The molecule has 2 aromatic heterocycles. The molecule has 0 aliphatic carbocycles. The van der Waals surface area contributed by atoms with Gasteiger partial charge in [0.15, 0.2) is 0 Å². The summed E-state index contributed by atoms with van der Waals surface area (Å²) in [7, 11) is 0. The molecule has 2 aliphatic heterocycles. The first-order valence-corrected chi connectivity index (χ1v) is 16.4. The molecule has 4 N–H and O–H groups in total. The summed E-state index contributed by atoms with van der Waals surface area (Å²) in [5, 5.41) is 24.4.